The molecule has 0 spiro atoms. The Morgan fingerprint density at radius 3 is 2.29 bits per heavy atom. The van der Waals surface area contributed by atoms with Crippen LogP contribution in [0.3, 0.4) is 0 Å². The number of hydrogen-bond acceptors (Lipinski definition) is 5. The average molecular weight is 359 g/mol. The van der Waals surface area contributed by atoms with Crippen LogP contribution in [-0.2, 0) is 19.3 Å². The first-order valence-electron chi connectivity index (χ1n) is 7.61. The largest absolute Gasteiger partial charge is 0.498 e. The number of alkyl halides is 1. The van der Waals surface area contributed by atoms with Gasteiger partial charge in [-0.15, -0.1) is 0 Å². The first-order valence-corrected chi connectivity index (χ1v) is 9.50. The Morgan fingerprint density at radius 1 is 1.21 bits per heavy atom. The third-order valence-electron chi connectivity index (χ3n) is 4.16. The van der Waals surface area contributed by atoms with Crippen molar-refractivity contribution in [2.45, 2.75) is 38.9 Å². The first-order chi connectivity index (χ1) is 11.0. The van der Waals surface area contributed by atoms with Gasteiger partial charge in [0.2, 0.25) is 10.0 Å². The van der Waals surface area contributed by atoms with Gasteiger partial charge < -0.3 is 14.0 Å². The lowest BCUT2D eigenvalue weighted by atomic mass is 9.78. The van der Waals surface area contributed by atoms with E-state index in [1.165, 1.54) is 6.07 Å². The zero-order valence-corrected chi connectivity index (χ0v) is 15.4. The maximum Gasteiger partial charge on any atom is 0.498 e. The van der Waals surface area contributed by atoms with E-state index < -0.39 is 35.0 Å². The smallest absolute Gasteiger partial charge is 0.491 e. The molecule has 24 heavy (non-hydrogen) atoms. The predicted molar refractivity (Wildman–Crippen MR) is 92.1 cm³/mol. The summed E-state index contributed by atoms with van der Waals surface area (Å²) in [5.74, 6) is 0.319. The van der Waals surface area contributed by atoms with Gasteiger partial charge in [0.15, 0.2) is 0 Å². The standard InChI is InChI=1S/C15H23BFNO5S/c1-14(2)15(3,4)23-16(22-14)12-7-6-11(18-24(5,19)20)10-13(12)21-9-8-17/h6-7,10,18H,8-9H2,1-5H3. The molecule has 0 unspecified atom stereocenters. The van der Waals surface area contributed by atoms with Crippen LogP contribution in [0.2, 0.25) is 0 Å². The van der Waals surface area contributed by atoms with Gasteiger partial charge in [-0.1, -0.05) is 6.07 Å². The molecule has 0 aliphatic carbocycles. The zero-order chi connectivity index (χ0) is 18.2. The second-order valence-corrected chi connectivity index (χ2v) is 8.50. The van der Waals surface area contributed by atoms with Gasteiger partial charge >= 0.3 is 7.12 Å². The quantitative estimate of drug-likeness (QED) is 0.783. The molecule has 0 radical (unpaired) electrons. The number of rotatable bonds is 6. The van der Waals surface area contributed by atoms with Crippen LogP contribution in [0.15, 0.2) is 18.2 Å². The molecule has 1 N–H and O–H groups in total. The highest BCUT2D eigenvalue weighted by atomic mass is 32.2. The average Bonchev–Trinajstić information content (AvgIpc) is 2.63. The molecule has 1 fully saturated rings. The molecule has 1 aromatic rings. The Bertz CT molecular complexity index is 692. The van der Waals surface area contributed by atoms with Crippen molar-refractivity contribution in [3.63, 3.8) is 0 Å². The summed E-state index contributed by atoms with van der Waals surface area (Å²) in [5, 5.41) is 0. The normalized spacial score (nSPS) is 19.3. The van der Waals surface area contributed by atoms with Crippen LogP contribution in [0.25, 0.3) is 0 Å². The topological polar surface area (TPSA) is 73.9 Å². The molecule has 1 aromatic carbocycles. The van der Waals surface area contributed by atoms with E-state index in [2.05, 4.69) is 4.72 Å². The van der Waals surface area contributed by atoms with E-state index in [0.717, 1.165) is 6.26 Å². The number of anilines is 1. The molecule has 0 aromatic heterocycles. The Kier molecular flexibility index (Phi) is 5.18. The summed E-state index contributed by atoms with van der Waals surface area (Å²) in [6.45, 7) is 6.90. The van der Waals surface area contributed by atoms with Gasteiger partial charge in [-0.25, -0.2) is 12.8 Å². The molecule has 6 nitrogen and oxygen atoms in total. The number of ether oxygens (including phenoxy) is 1. The van der Waals surface area contributed by atoms with E-state index in [4.69, 9.17) is 14.0 Å². The minimum atomic E-state index is -3.43. The third-order valence-corrected chi connectivity index (χ3v) is 4.77. The minimum absolute atomic E-state index is 0.144. The van der Waals surface area contributed by atoms with E-state index in [0.29, 0.717) is 16.9 Å². The lowest BCUT2D eigenvalue weighted by Gasteiger charge is -2.32. The fourth-order valence-corrected chi connectivity index (χ4v) is 2.81. The SMILES string of the molecule is CC1(C)OB(c2ccc(NS(C)(=O)=O)cc2OCCF)OC1(C)C. The summed E-state index contributed by atoms with van der Waals surface area (Å²) in [5.41, 5.74) is -0.148. The highest BCUT2D eigenvalue weighted by molar-refractivity contribution is 7.92. The summed E-state index contributed by atoms with van der Waals surface area (Å²) in [7, 11) is -4.11. The van der Waals surface area contributed by atoms with Crippen LogP contribution in [-0.4, -0.2) is 46.3 Å². The van der Waals surface area contributed by atoms with Crippen LogP contribution in [0.5, 0.6) is 5.75 Å². The second-order valence-electron chi connectivity index (χ2n) is 6.75. The molecule has 1 aliphatic heterocycles. The van der Waals surface area contributed by atoms with Crippen molar-refractivity contribution in [1.82, 2.24) is 0 Å². The maximum atomic E-state index is 12.5. The number of nitrogens with one attached hydrogen (secondary N) is 1. The number of hydrogen-bond donors (Lipinski definition) is 1. The first kappa shape index (κ1) is 19.0. The summed E-state index contributed by atoms with van der Waals surface area (Å²) < 4.78 is 55.0. The zero-order valence-electron chi connectivity index (χ0n) is 14.6. The molecule has 1 saturated heterocycles. The van der Waals surface area contributed by atoms with Gasteiger partial charge in [0.1, 0.15) is 19.0 Å². The summed E-state index contributed by atoms with van der Waals surface area (Å²) in [6, 6.07) is 4.74. The highest BCUT2D eigenvalue weighted by Gasteiger charge is 2.52. The Morgan fingerprint density at radius 2 is 1.79 bits per heavy atom. The lowest BCUT2D eigenvalue weighted by molar-refractivity contribution is 0.00578. The van der Waals surface area contributed by atoms with E-state index in [1.54, 1.807) is 12.1 Å². The number of halogens is 1. The van der Waals surface area contributed by atoms with E-state index in [-0.39, 0.29) is 6.61 Å². The summed E-state index contributed by atoms with van der Waals surface area (Å²) in [4.78, 5) is 0. The maximum absolute atomic E-state index is 12.5. The Labute approximate surface area is 142 Å². The van der Waals surface area contributed by atoms with E-state index >= 15 is 0 Å². The van der Waals surface area contributed by atoms with Gasteiger partial charge in [-0.05, 0) is 33.8 Å². The van der Waals surface area contributed by atoms with Crippen LogP contribution >= 0.6 is 0 Å². The summed E-state index contributed by atoms with van der Waals surface area (Å²) in [6.07, 6.45) is 1.05. The molecule has 1 aliphatic rings. The molecule has 2 rings (SSSR count). The van der Waals surface area contributed by atoms with E-state index in [9.17, 15) is 12.8 Å². The van der Waals surface area contributed by atoms with Crippen molar-refractivity contribution in [2.75, 3.05) is 24.3 Å². The van der Waals surface area contributed by atoms with Gasteiger partial charge in [-0.2, -0.15) is 0 Å². The van der Waals surface area contributed by atoms with Gasteiger partial charge in [-0.3, -0.25) is 4.72 Å². The van der Waals surface area contributed by atoms with Crippen molar-refractivity contribution >= 4 is 28.3 Å². The lowest BCUT2D eigenvalue weighted by Crippen LogP contribution is -2.41. The van der Waals surface area contributed by atoms with E-state index in [1.807, 2.05) is 27.7 Å². The minimum Gasteiger partial charge on any atom is -0.491 e. The van der Waals surface area contributed by atoms with Crippen LogP contribution in [0, 0.1) is 0 Å². The Balaban J connectivity index is 2.35. The molecule has 134 valence electrons. The fourth-order valence-electron chi connectivity index (χ4n) is 2.25. The van der Waals surface area contributed by atoms with Crippen molar-refractivity contribution in [3.05, 3.63) is 18.2 Å². The second kappa shape index (κ2) is 6.53. The Hall–Kier alpha value is -1.32. The van der Waals surface area contributed by atoms with Crippen LogP contribution in [0.4, 0.5) is 10.1 Å². The van der Waals surface area contributed by atoms with Crippen molar-refractivity contribution < 1.29 is 26.9 Å². The molecular weight excluding hydrogens is 336 g/mol. The van der Waals surface area contributed by atoms with Crippen molar-refractivity contribution in [1.29, 1.82) is 0 Å². The number of sulfonamides is 1. The molecule has 0 bridgehead atoms. The molecule has 1 heterocycles. The fraction of sp³-hybridized carbons (Fsp3) is 0.600. The number of benzene rings is 1. The predicted octanol–water partition coefficient (Wildman–Crippen LogP) is 1.71. The van der Waals surface area contributed by atoms with Crippen molar-refractivity contribution in [3.8, 4) is 5.75 Å². The molecule has 0 amide bonds. The van der Waals surface area contributed by atoms with Gasteiger partial charge in [0.25, 0.3) is 0 Å². The molecule has 0 saturated carbocycles. The highest BCUT2D eigenvalue weighted by Crippen LogP contribution is 2.37. The van der Waals surface area contributed by atoms with Crippen LogP contribution in [0.1, 0.15) is 27.7 Å². The van der Waals surface area contributed by atoms with Gasteiger partial charge in [0, 0.05) is 11.5 Å². The monoisotopic (exact) mass is 359 g/mol. The third kappa shape index (κ3) is 4.20. The van der Waals surface area contributed by atoms with Gasteiger partial charge in [0.05, 0.1) is 23.1 Å². The van der Waals surface area contributed by atoms with Crippen LogP contribution < -0.4 is 14.9 Å². The molecular formula is C15H23BFNO5S. The molecule has 0 atom stereocenters. The summed E-state index contributed by atoms with van der Waals surface area (Å²) >= 11 is 0. The van der Waals surface area contributed by atoms with Crippen molar-refractivity contribution in [2.24, 2.45) is 0 Å². The molecule has 9 heteroatoms.